The van der Waals surface area contributed by atoms with Crippen LogP contribution < -0.4 is 10.1 Å². The van der Waals surface area contributed by atoms with Gasteiger partial charge >= 0.3 is 0 Å². The van der Waals surface area contributed by atoms with E-state index < -0.39 is 0 Å². The van der Waals surface area contributed by atoms with Gasteiger partial charge in [0.1, 0.15) is 6.33 Å². The molecule has 0 saturated carbocycles. The van der Waals surface area contributed by atoms with E-state index in [-0.39, 0.29) is 18.6 Å². The lowest BCUT2D eigenvalue weighted by Crippen LogP contribution is -2.30. The molecule has 0 radical (unpaired) electrons. The highest BCUT2D eigenvalue weighted by Crippen LogP contribution is 2.17. The zero-order valence-electron chi connectivity index (χ0n) is 9.87. The number of amides is 1. The fourth-order valence-corrected chi connectivity index (χ4v) is 2.14. The third-order valence-electron chi connectivity index (χ3n) is 2.25. The van der Waals surface area contributed by atoms with Gasteiger partial charge in [0.2, 0.25) is 0 Å². The number of hydrogen-bond donors (Lipinski definition) is 1. The molecule has 18 heavy (non-hydrogen) atoms. The van der Waals surface area contributed by atoms with E-state index in [1.165, 1.54) is 18.7 Å². The van der Waals surface area contributed by atoms with Crippen molar-refractivity contribution < 1.29 is 9.53 Å². The number of carbonyl (C=O) groups excluding carboxylic acids is 1. The summed E-state index contributed by atoms with van der Waals surface area (Å²) in [6.07, 6.45) is 4.44. The summed E-state index contributed by atoms with van der Waals surface area (Å²) in [4.78, 5) is 20.4. The Bertz CT molecular complexity index is 487. The van der Waals surface area contributed by atoms with Crippen molar-refractivity contribution in [3.63, 3.8) is 0 Å². The van der Waals surface area contributed by atoms with E-state index in [4.69, 9.17) is 4.74 Å². The molecule has 0 bridgehead atoms. The van der Waals surface area contributed by atoms with E-state index in [0.29, 0.717) is 5.75 Å². The first-order valence-electron chi connectivity index (χ1n) is 5.46. The van der Waals surface area contributed by atoms with Crippen molar-refractivity contribution in [1.29, 1.82) is 0 Å². The molecule has 1 atom stereocenters. The zero-order valence-corrected chi connectivity index (χ0v) is 10.7. The van der Waals surface area contributed by atoms with Crippen LogP contribution in [0.2, 0.25) is 0 Å². The zero-order chi connectivity index (χ0) is 12.8. The first kappa shape index (κ1) is 12.5. The fraction of sp³-hybridized carbons (Fsp3) is 0.250. The van der Waals surface area contributed by atoms with Crippen molar-refractivity contribution in [2.45, 2.75) is 13.0 Å². The SMILES string of the molecule is CC(NC(=O)COc1cncnc1)c1cccs1. The summed E-state index contributed by atoms with van der Waals surface area (Å²) in [5.74, 6) is 0.316. The smallest absolute Gasteiger partial charge is 0.258 e. The second-order valence-electron chi connectivity index (χ2n) is 3.67. The van der Waals surface area contributed by atoms with E-state index >= 15 is 0 Å². The monoisotopic (exact) mass is 263 g/mol. The summed E-state index contributed by atoms with van der Waals surface area (Å²) in [7, 11) is 0. The summed E-state index contributed by atoms with van der Waals surface area (Å²) < 4.78 is 5.25. The van der Waals surface area contributed by atoms with Crippen molar-refractivity contribution in [3.05, 3.63) is 41.1 Å². The van der Waals surface area contributed by atoms with Crippen LogP contribution in [-0.2, 0) is 4.79 Å². The standard InChI is InChI=1S/C12H13N3O2S/c1-9(11-3-2-4-18-11)15-12(16)7-17-10-5-13-8-14-6-10/h2-6,8-9H,7H2,1H3,(H,15,16). The van der Waals surface area contributed by atoms with Gasteiger partial charge in [-0.3, -0.25) is 4.79 Å². The van der Waals surface area contributed by atoms with Gasteiger partial charge in [0, 0.05) is 4.88 Å². The number of thiophene rings is 1. The second-order valence-corrected chi connectivity index (χ2v) is 4.65. The number of nitrogens with one attached hydrogen (secondary N) is 1. The van der Waals surface area contributed by atoms with Crippen LogP contribution in [0.4, 0.5) is 0 Å². The molecule has 0 fully saturated rings. The largest absolute Gasteiger partial charge is 0.481 e. The Morgan fingerprint density at radius 3 is 2.94 bits per heavy atom. The van der Waals surface area contributed by atoms with Crippen LogP contribution >= 0.6 is 11.3 Å². The van der Waals surface area contributed by atoms with Crippen LogP contribution in [-0.4, -0.2) is 22.5 Å². The lowest BCUT2D eigenvalue weighted by Gasteiger charge is -2.12. The van der Waals surface area contributed by atoms with Gasteiger partial charge in [-0.15, -0.1) is 11.3 Å². The van der Waals surface area contributed by atoms with E-state index in [9.17, 15) is 4.79 Å². The van der Waals surface area contributed by atoms with Crippen LogP contribution in [0.3, 0.4) is 0 Å². The summed E-state index contributed by atoms with van der Waals surface area (Å²) in [6, 6.07) is 3.94. The molecule has 0 aromatic carbocycles. The molecule has 0 aliphatic heterocycles. The molecule has 0 saturated heterocycles. The molecule has 94 valence electrons. The van der Waals surface area contributed by atoms with Crippen LogP contribution in [0.15, 0.2) is 36.2 Å². The van der Waals surface area contributed by atoms with Crippen LogP contribution in [0, 0.1) is 0 Å². The second kappa shape index (κ2) is 6.11. The van der Waals surface area contributed by atoms with Gasteiger partial charge in [-0.2, -0.15) is 0 Å². The number of rotatable bonds is 5. The molecule has 1 N–H and O–H groups in total. The summed E-state index contributed by atoms with van der Waals surface area (Å²) in [5, 5.41) is 4.84. The first-order valence-corrected chi connectivity index (χ1v) is 6.34. The molecular formula is C12H13N3O2S. The molecule has 2 aromatic rings. The molecule has 0 spiro atoms. The summed E-state index contributed by atoms with van der Waals surface area (Å²) in [6.45, 7) is 1.90. The summed E-state index contributed by atoms with van der Waals surface area (Å²) >= 11 is 1.61. The van der Waals surface area contributed by atoms with Crippen LogP contribution in [0.5, 0.6) is 5.75 Å². The van der Waals surface area contributed by atoms with E-state index in [0.717, 1.165) is 4.88 Å². The van der Waals surface area contributed by atoms with Gasteiger partial charge in [0.15, 0.2) is 12.4 Å². The molecule has 2 aromatic heterocycles. The highest BCUT2D eigenvalue weighted by molar-refractivity contribution is 7.10. The number of hydrogen-bond acceptors (Lipinski definition) is 5. The molecular weight excluding hydrogens is 250 g/mol. The molecule has 1 unspecified atom stereocenters. The summed E-state index contributed by atoms with van der Waals surface area (Å²) in [5.41, 5.74) is 0. The average Bonchev–Trinajstić information content (AvgIpc) is 2.91. The van der Waals surface area contributed by atoms with Crippen LogP contribution in [0.25, 0.3) is 0 Å². The minimum atomic E-state index is -0.167. The molecule has 2 rings (SSSR count). The van der Waals surface area contributed by atoms with Gasteiger partial charge in [-0.05, 0) is 18.4 Å². The van der Waals surface area contributed by atoms with Gasteiger partial charge in [0.25, 0.3) is 5.91 Å². The Morgan fingerprint density at radius 1 is 1.50 bits per heavy atom. The Morgan fingerprint density at radius 2 is 2.28 bits per heavy atom. The van der Waals surface area contributed by atoms with Crippen molar-refractivity contribution >= 4 is 17.2 Å². The van der Waals surface area contributed by atoms with Gasteiger partial charge in [-0.25, -0.2) is 9.97 Å². The van der Waals surface area contributed by atoms with Crippen molar-refractivity contribution in [2.75, 3.05) is 6.61 Å². The first-order chi connectivity index (χ1) is 8.75. The maximum atomic E-state index is 11.6. The number of aromatic nitrogens is 2. The Labute approximate surface area is 109 Å². The van der Waals surface area contributed by atoms with E-state index in [1.807, 2.05) is 24.4 Å². The Kier molecular flexibility index (Phi) is 4.25. The average molecular weight is 263 g/mol. The lowest BCUT2D eigenvalue weighted by atomic mass is 10.3. The third kappa shape index (κ3) is 3.53. The van der Waals surface area contributed by atoms with Crippen LogP contribution in [0.1, 0.15) is 17.8 Å². The maximum absolute atomic E-state index is 11.6. The molecule has 5 nitrogen and oxygen atoms in total. The predicted octanol–water partition coefficient (Wildman–Crippen LogP) is 1.79. The number of nitrogens with zero attached hydrogens (tertiary/aromatic N) is 2. The number of carbonyl (C=O) groups is 1. The molecule has 0 aliphatic rings. The van der Waals surface area contributed by atoms with Gasteiger partial charge in [0.05, 0.1) is 18.4 Å². The topological polar surface area (TPSA) is 64.1 Å². The van der Waals surface area contributed by atoms with Gasteiger partial charge < -0.3 is 10.1 Å². The van der Waals surface area contributed by atoms with Crippen molar-refractivity contribution in [3.8, 4) is 5.75 Å². The predicted molar refractivity (Wildman–Crippen MR) is 68.4 cm³/mol. The molecule has 0 aliphatic carbocycles. The molecule has 1 amide bonds. The highest BCUT2D eigenvalue weighted by atomic mass is 32.1. The third-order valence-corrected chi connectivity index (χ3v) is 3.31. The molecule has 6 heteroatoms. The Balaban J connectivity index is 1.79. The minimum Gasteiger partial charge on any atom is -0.481 e. The highest BCUT2D eigenvalue weighted by Gasteiger charge is 2.10. The Hall–Kier alpha value is -1.95. The maximum Gasteiger partial charge on any atom is 0.258 e. The van der Waals surface area contributed by atoms with E-state index in [2.05, 4.69) is 15.3 Å². The fourth-order valence-electron chi connectivity index (χ4n) is 1.40. The van der Waals surface area contributed by atoms with E-state index in [1.54, 1.807) is 11.3 Å². The molecule has 2 heterocycles. The quantitative estimate of drug-likeness (QED) is 0.893. The minimum absolute atomic E-state index is 0.00637. The number of ether oxygens (including phenoxy) is 1. The van der Waals surface area contributed by atoms with Gasteiger partial charge in [-0.1, -0.05) is 6.07 Å². The lowest BCUT2D eigenvalue weighted by molar-refractivity contribution is -0.123. The van der Waals surface area contributed by atoms with Crippen molar-refractivity contribution in [1.82, 2.24) is 15.3 Å². The van der Waals surface area contributed by atoms with Crippen molar-refractivity contribution in [2.24, 2.45) is 0 Å². The normalized spacial score (nSPS) is 11.8.